The molecule has 0 spiro atoms. The van der Waals surface area contributed by atoms with E-state index in [-0.39, 0.29) is 11.4 Å². The van der Waals surface area contributed by atoms with Gasteiger partial charge in [-0.2, -0.15) is 5.10 Å². The van der Waals surface area contributed by atoms with Gasteiger partial charge in [-0.15, -0.1) is 0 Å². The molecule has 0 aliphatic heterocycles. The van der Waals surface area contributed by atoms with Gasteiger partial charge in [0, 0.05) is 5.71 Å². The molecule has 2 aromatic rings. The van der Waals surface area contributed by atoms with E-state index in [4.69, 9.17) is 4.74 Å². The number of benzene rings is 2. The number of hydrogen-bond donors (Lipinski definition) is 1. The van der Waals surface area contributed by atoms with E-state index in [0.29, 0.717) is 18.0 Å². The van der Waals surface area contributed by atoms with E-state index in [0.717, 1.165) is 41.3 Å². The molecule has 0 heterocycles. The molecule has 1 aliphatic rings. The summed E-state index contributed by atoms with van der Waals surface area (Å²) < 4.78 is 33.2. The highest BCUT2D eigenvalue weighted by molar-refractivity contribution is 7.92. The molecule has 1 fully saturated rings. The first kappa shape index (κ1) is 21.8. The molecular formula is C22H27N3O4S. The first-order valence-corrected chi connectivity index (χ1v) is 11.5. The molecule has 1 aliphatic carbocycles. The smallest absolute Gasteiger partial charge is 0.264 e. The van der Waals surface area contributed by atoms with Crippen LogP contribution in [-0.4, -0.2) is 33.2 Å². The van der Waals surface area contributed by atoms with Crippen LogP contribution in [0, 0.1) is 6.92 Å². The van der Waals surface area contributed by atoms with Crippen LogP contribution < -0.4 is 14.5 Å². The molecule has 0 atom stereocenters. The number of ether oxygens (including phenoxy) is 1. The van der Waals surface area contributed by atoms with Crippen LogP contribution in [0.25, 0.3) is 0 Å². The summed E-state index contributed by atoms with van der Waals surface area (Å²) >= 11 is 0. The zero-order valence-electron chi connectivity index (χ0n) is 17.3. The average Bonchev–Trinajstić information content (AvgIpc) is 3.25. The number of nitrogens with one attached hydrogen (secondary N) is 1. The van der Waals surface area contributed by atoms with Crippen LogP contribution in [0.1, 0.15) is 38.2 Å². The van der Waals surface area contributed by atoms with Gasteiger partial charge < -0.3 is 4.74 Å². The Balaban J connectivity index is 1.88. The molecule has 0 saturated heterocycles. The summed E-state index contributed by atoms with van der Waals surface area (Å²) in [4.78, 5) is 12.7. The second-order valence-electron chi connectivity index (χ2n) is 7.17. The molecule has 0 unspecified atom stereocenters. The highest BCUT2D eigenvalue weighted by atomic mass is 32.2. The number of hydrazone groups is 1. The third-order valence-corrected chi connectivity index (χ3v) is 6.64. The van der Waals surface area contributed by atoms with Crippen LogP contribution in [0.5, 0.6) is 5.75 Å². The standard InChI is InChI=1S/C22H27N3O4S/c1-3-29-20-12-10-19(11-13-20)25(16-22(26)24-23-18-6-4-5-7-18)30(27,28)21-14-8-17(2)9-15-21/h8-15H,3-7,16H2,1-2H3,(H,24,26). The Morgan fingerprint density at radius 1 is 1.07 bits per heavy atom. The Bertz CT molecular complexity index is 992. The molecule has 1 amide bonds. The quantitative estimate of drug-likeness (QED) is 0.649. The fraction of sp³-hybridized carbons (Fsp3) is 0.364. The summed E-state index contributed by atoms with van der Waals surface area (Å²) in [6, 6.07) is 13.2. The molecule has 8 heteroatoms. The third-order valence-electron chi connectivity index (χ3n) is 4.85. The third kappa shape index (κ3) is 5.38. The maximum Gasteiger partial charge on any atom is 0.264 e. The summed E-state index contributed by atoms with van der Waals surface area (Å²) in [5.41, 5.74) is 4.78. The van der Waals surface area contributed by atoms with Crippen molar-refractivity contribution < 1.29 is 17.9 Å². The van der Waals surface area contributed by atoms with Gasteiger partial charge in [0.2, 0.25) is 0 Å². The predicted molar refractivity (Wildman–Crippen MR) is 117 cm³/mol. The second kappa shape index (κ2) is 9.75. The topological polar surface area (TPSA) is 88.1 Å². The van der Waals surface area contributed by atoms with Crippen LogP contribution in [-0.2, 0) is 14.8 Å². The summed E-state index contributed by atoms with van der Waals surface area (Å²) in [5.74, 6) is 0.144. The van der Waals surface area contributed by atoms with Crippen molar-refractivity contribution in [3.63, 3.8) is 0 Å². The minimum absolute atomic E-state index is 0.122. The van der Waals surface area contributed by atoms with Crippen molar-refractivity contribution in [3.05, 3.63) is 54.1 Å². The first-order chi connectivity index (χ1) is 14.4. The highest BCUT2D eigenvalue weighted by Gasteiger charge is 2.27. The van der Waals surface area contributed by atoms with Crippen LogP contribution >= 0.6 is 0 Å². The molecule has 1 saturated carbocycles. The Kier molecular flexibility index (Phi) is 7.10. The minimum Gasteiger partial charge on any atom is -0.494 e. The number of rotatable bonds is 8. The zero-order chi connectivity index (χ0) is 21.6. The number of carbonyl (C=O) groups is 1. The summed E-state index contributed by atoms with van der Waals surface area (Å²) in [6.07, 6.45) is 3.86. The summed E-state index contributed by atoms with van der Waals surface area (Å²) in [5, 5.41) is 4.15. The van der Waals surface area contributed by atoms with Crippen LogP contribution in [0.2, 0.25) is 0 Å². The lowest BCUT2D eigenvalue weighted by atomic mass is 10.2. The maximum atomic E-state index is 13.3. The Morgan fingerprint density at radius 2 is 1.70 bits per heavy atom. The van der Waals surface area contributed by atoms with Gasteiger partial charge >= 0.3 is 0 Å². The Labute approximate surface area is 177 Å². The average molecular weight is 430 g/mol. The van der Waals surface area contributed by atoms with E-state index in [2.05, 4.69) is 10.5 Å². The molecule has 0 aromatic heterocycles. The van der Waals surface area contributed by atoms with Crippen molar-refractivity contribution >= 4 is 27.3 Å². The van der Waals surface area contributed by atoms with Gasteiger partial charge in [0.15, 0.2) is 0 Å². The lowest BCUT2D eigenvalue weighted by molar-refractivity contribution is -0.119. The Hall–Kier alpha value is -2.87. The lowest BCUT2D eigenvalue weighted by Crippen LogP contribution is -2.39. The van der Waals surface area contributed by atoms with Crippen molar-refractivity contribution in [2.24, 2.45) is 5.10 Å². The van der Waals surface area contributed by atoms with Crippen molar-refractivity contribution in [1.82, 2.24) is 5.43 Å². The van der Waals surface area contributed by atoms with E-state index >= 15 is 0 Å². The largest absolute Gasteiger partial charge is 0.494 e. The van der Waals surface area contributed by atoms with E-state index < -0.39 is 15.9 Å². The van der Waals surface area contributed by atoms with Gasteiger partial charge in [-0.1, -0.05) is 17.7 Å². The van der Waals surface area contributed by atoms with E-state index in [1.807, 2.05) is 13.8 Å². The number of nitrogens with zero attached hydrogens (tertiary/aromatic N) is 2. The Morgan fingerprint density at radius 3 is 2.30 bits per heavy atom. The summed E-state index contributed by atoms with van der Waals surface area (Å²) in [7, 11) is -3.95. The van der Waals surface area contributed by atoms with E-state index in [9.17, 15) is 13.2 Å². The van der Waals surface area contributed by atoms with Gasteiger partial charge in [-0.25, -0.2) is 13.8 Å². The number of aryl methyl sites for hydroxylation is 1. The molecule has 3 rings (SSSR count). The van der Waals surface area contributed by atoms with Gasteiger partial charge in [0.1, 0.15) is 12.3 Å². The van der Waals surface area contributed by atoms with Gasteiger partial charge in [0.25, 0.3) is 15.9 Å². The fourth-order valence-electron chi connectivity index (χ4n) is 3.23. The first-order valence-electron chi connectivity index (χ1n) is 10.1. The van der Waals surface area contributed by atoms with Crippen LogP contribution in [0.4, 0.5) is 5.69 Å². The van der Waals surface area contributed by atoms with Gasteiger partial charge in [-0.3, -0.25) is 9.10 Å². The van der Waals surface area contributed by atoms with E-state index in [1.54, 1.807) is 48.5 Å². The molecule has 2 aromatic carbocycles. The molecule has 0 bridgehead atoms. The molecule has 7 nitrogen and oxygen atoms in total. The molecule has 160 valence electrons. The number of carbonyl (C=O) groups excluding carboxylic acids is 1. The van der Waals surface area contributed by atoms with Gasteiger partial charge in [0.05, 0.1) is 17.2 Å². The number of sulfonamides is 1. The molecular weight excluding hydrogens is 402 g/mol. The maximum absolute atomic E-state index is 13.3. The SMILES string of the molecule is CCOc1ccc(N(CC(=O)NN=C2CCCC2)S(=O)(=O)c2ccc(C)cc2)cc1. The van der Waals surface area contributed by atoms with Crippen molar-refractivity contribution in [3.8, 4) is 5.75 Å². The van der Waals surface area contributed by atoms with Crippen LogP contribution in [0.15, 0.2) is 58.5 Å². The van der Waals surface area contributed by atoms with Crippen molar-refractivity contribution in [1.29, 1.82) is 0 Å². The van der Waals surface area contributed by atoms with Gasteiger partial charge in [-0.05, 0) is 75.9 Å². The monoisotopic (exact) mass is 429 g/mol. The van der Waals surface area contributed by atoms with Crippen molar-refractivity contribution in [2.75, 3.05) is 17.5 Å². The molecule has 0 radical (unpaired) electrons. The highest BCUT2D eigenvalue weighted by Crippen LogP contribution is 2.26. The lowest BCUT2D eigenvalue weighted by Gasteiger charge is -2.24. The molecule has 1 N–H and O–H groups in total. The van der Waals surface area contributed by atoms with Crippen molar-refractivity contribution in [2.45, 2.75) is 44.4 Å². The second-order valence-corrected chi connectivity index (χ2v) is 9.03. The minimum atomic E-state index is -3.95. The number of amides is 1. The number of hydrogen-bond acceptors (Lipinski definition) is 5. The zero-order valence-corrected chi connectivity index (χ0v) is 18.1. The normalized spacial score (nSPS) is 13.7. The molecule has 30 heavy (non-hydrogen) atoms. The predicted octanol–water partition coefficient (Wildman–Crippen LogP) is 3.64. The van der Waals surface area contributed by atoms with E-state index in [1.165, 1.54) is 0 Å². The fourth-order valence-corrected chi connectivity index (χ4v) is 4.65. The summed E-state index contributed by atoms with van der Waals surface area (Å²) in [6.45, 7) is 3.89. The van der Waals surface area contributed by atoms with Crippen LogP contribution in [0.3, 0.4) is 0 Å². The number of anilines is 1.